The fourth-order valence-corrected chi connectivity index (χ4v) is 2.00. The molecule has 0 aromatic rings. The van der Waals surface area contributed by atoms with Crippen LogP contribution in [0.4, 0.5) is 0 Å². The topological polar surface area (TPSA) is 26.3 Å². The van der Waals surface area contributed by atoms with Gasteiger partial charge in [-0.25, -0.2) is 0 Å². The smallest absolute Gasteiger partial charge is 0.310 e. The van der Waals surface area contributed by atoms with Crippen molar-refractivity contribution in [3.05, 3.63) is 11.6 Å². The van der Waals surface area contributed by atoms with Crippen molar-refractivity contribution in [3.63, 3.8) is 0 Å². The number of esters is 1. The molecule has 0 aromatic heterocycles. The van der Waals surface area contributed by atoms with E-state index in [0.29, 0.717) is 5.92 Å². The molecule has 0 fully saturated rings. The lowest BCUT2D eigenvalue weighted by Crippen LogP contribution is -2.32. The van der Waals surface area contributed by atoms with Gasteiger partial charge < -0.3 is 4.74 Å². The number of carbonyl (C=O) groups excluding carboxylic acids is 1. The quantitative estimate of drug-likeness (QED) is 0.490. The largest absolute Gasteiger partial charge is 0.460 e. The van der Waals surface area contributed by atoms with Gasteiger partial charge in [0.25, 0.3) is 0 Å². The summed E-state index contributed by atoms with van der Waals surface area (Å²) in [5.41, 5.74) is 1.02. The summed E-state index contributed by atoms with van der Waals surface area (Å²) >= 11 is 0. The Bertz CT molecular complexity index is 271. The van der Waals surface area contributed by atoms with Crippen LogP contribution in [0.25, 0.3) is 0 Å². The second kappa shape index (κ2) is 4.38. The highest BCUT2D eigenvalue weighted by Gasteiger charge is 2.30. The zero-order valence-corrected chi connectivity index (χ0v) is 10.5. The molecular formula is C13H22O2. The molecule has 0 aliphatic heterocycles. The van der Waals surface area contributed by atoms with E-state index in [0.717, 1.165) is 12.8 Å². The summed E-state index contributed by atoms with van der Waals surface area (Å²) in [5.74, 6) is 0.413. The first-order chi connectivity index (χ1) is 6.79. The molecule has 1 aliphatic carbocycles. The molecule has 0 bridgehead atoms. The van der Waals surface area contributed by atoms with Crippen LogP contribution >= 0.6 is 0 Å². The predicted molar refractivity (Wildman–Crippen MR) is 61.5 cm³/mol. The minimum Gasteiger partial charge on any atom is -0.460 e. The number of hydrogen-bond acceptors (Lipinski definition) is 2. The fraction of sp³-hybridized carbons (Fsp3) is 0.769. The van der Waals surface area contributed by atoms with Crippen molar-refractivity contribution < 1.29 is 9.53 Å². The van der Waals surface area contributed by atoms with Crippen molar-refractivity contribution in [2.75, 3.05) is 0 Å². The monoisotopic (exact) mass is 210 g/mol. The van der Waals surface area contributed by atoms with Crippen LogP contribution in [0.15, 0.2) is 11.6 Å². The SMILES string of the molecule is CC1=CCC(C(=O)OC(C)(C)C)C(C)C1. The lowest BCUT2D eigenvalue weighted by atomic mass is 9.81. The zero-order valence-electron chi connectivity index (χ0n) is 10.5. The first-order valence-corrected chi connectivity index (χ1v) is 5.68. The van der Waals surface area contributed by atoms with Gasteiger partial charge >= 0.3 is 5.97 Å². The van der Waals surface area contributed by atoms with E-state index in [2.05, 4.69) is 19.9 Å². The molecule has 86 valence electrons. The maximum atomic E-state index is 11.9. The van der Waals surface area contributed by atoms with E-state index < -0.39 is 0 Å². The molecule has 0 radical (unpaired) electrons. The van der Waals surface area contributed by atoms with Crippen molar-refractivity contribution in [2.45, 2.75) is 53.1 Å². The second-order valence-electron chi connectivity index (χ2n) is 5.61. The van der Waals surface area contributed by atoms with Crippen molar-refractivity contribution in [3.8, 4) is 0 Å². The van der Waals surface area contributed by atoms with E-state index >= 15 is 0 Å². The third kappa shape index (κ3) is 3.69. The third-order valence-corrected chi connectivity index (χ3v) is 2.76. The van der Waals surface area contributed by atoms with E-state index in [1.807, 2.05) is 20.8 Å². The molecular weight excluding hydrogens is 188 g/mol. The molecule has 2 unspecified atom stereocenters. The van der Waals surface area contributed by atoms with Gasteiger partial charge in [0, 0.05) is 0 Å². The Morgan fingerprint density at radius 3 is 2.53 bits per heavy atom. The summed E-state index contributed by atoms with van der Waals surface area (Å²) < 4.78 is 5.41. The maximum Gasteiger partial charge on any atom is 0.310 e. The summed E-state index contributed by atoms with van der Waals surface area (Å²) in [7, 11) is 0. The maximum absolute atomic E-state index is 11.9. The van der Waals surface area contributed by atoms with Crippen molar-refractivity contribution in [1.29, 1.82) is 0 Å². The summed E-state index contributed by atoms with van der Waals surface area (Å²) in [5, 5.41) is 0. The average molecular weight is 210 g/mol. The van der Waals surface area contributed by atoms with Crippen LogP contribution in [0.3, 0.4) is 0 Å². The molecule has 0 N–H and O–H groups in total. The second-order valence-corrected chi connectivity index (χ2v) is 5.61. The summed E-state index contributed by atoms with van der Waals surface area (Å²) in [4.78, 5) is 11.9. The minimum absolute atomic E-state index is 0.0428. The van der Waals surface area contributed by atoms with Gasteiger partial charge in [0.2, 0.25) is 0 Å². The van der Waals surface area contributed by atoms with Crippen LogP contribution < -0.4 is 0 Å². The van der Waals surface area contributed by atoms with E-state index in [1.54, 1.807) is 0 Å². The lowest BCUT2D eigenvalue weighted by molar-refractivity contribution is -0.161. The Labute approximate surface area is 92.7 Å². The summed E-state index contributed by atoms with van der Waals surface area (Å²) in [6.07, 6.45) is 4.01. The molecule has 0 saturated heterocycles. The van der Waals surface area contributed by atoms with E-state index in [-0.39, 0.29) is 17.5 Å². The number of carbonyl (C=O) groups is 1. The summed E-state index contributed by atoms with van der Waals surface area (Å²) in [6.45, 7) is 10.0. The molecule has 2 heteroatoms. The Hall–Kier alpha value is -0.790. The lowest BCUT2D eigenvalue weighted by Gasteiger charge is -2.29. The summed E-state index contributed by atoms with van der Waals surface area (Å²) in [6, 6.07) is 0. The van der Waals surface area contributed by atoms with Gasteiger partial charge in [-0.05, 0) is 46.5 Å². The molecule has 15 heavy (non-hydrogen) atoms. The third-order valence-electron chi connectivity index (χ3n) is 2.76. The highest BCUT2D eigenvalue weighted by atomic mass is 16.6. The van der Waals surface area contributed by atoms with Crippen molar-refractivity contribution in [1.82, 2.24) is 0 Å². The van der Waals surface area contributed by atoms with Crippen LogP contribution in [0, 0.1) is 11.8 Å². The number of rotatable bonds is 1. The molecule has 1 rings (SSSR count). The van der Waals surface area contributed by atoms with Gasteiger partial charge in [0.05, 0.1) is 5.92 Å². The van der Waals surface area contributed by atoms with Crippen LogP contribution in [-0.4, -0.2) is 11.6 Å². The van der Waals surface area contributed by atoms with Gasteiger partial charge in [-0.2, -0.15) is 0 Å². The molecule has 0 spiro atoms. The fourth-order valence-electron chi connectivity index (χ4n) is 2.00. The molecule has 2 atom stereocenters. The first kappa shape index (κ1) is 12.3. The van der Waals surface area contributed by atoms with Crippen LogP contribution in [0.1, 0.15) is 47.5 Å². The Morgan fingerprint density at radius 1 is 1.47 bits per heavy atom. The van der Waals surface area contributed by atoms with Gasteiger partial charge in [-0.1, -0.05) is 18.6 Å². The average Bonchev–Trinajstić information content (AvgIpc) is 1.99. The number of ether oxygens (including phenoxy) is 1. The van der Waals surface area contributed by atoms with E-state index in [9.17, 15) is 4.79 Å². The van der Waals surface area contributed by atoms with E-state index in [1.165, 1.54) is 5.57 Å². The van der Waals surface area contributed by atoms with Crippen LogP contribution in [0.2, 0.25) is 0 Å². The van der Waals surface area contributed by atoms with Gasteiger partial charge in [-0.15, -0.1) is 0 Å². The zero-order chi connectivity index (χ0) is 11.6. The Balaban J connectivity index is 2.61. The standard InChI is InChI=1S/C13H22O2/c1-9-6-7-11(10(2)8-9)12(14)15-13(3,4)5/h6,10-11H,7-8H2,1-5H3. The van der Waals surface area contributed by atoms with Crippen LogP contribution in [0.5, 0.6) is 0 Å². The molecule has 0 heterocycles. The molecule has 0 saturated carbocycles. The molecule has 0 aromatic carbocycles. The highest BCUT2D eigenvalue weighted by molar-refractivity contribution is 5.73. The molecule has 0 amide bonds. The van der Waals surface area contributed by atoms with Gasteiger partial charge in [0.1, 0.15) is 5.60 Å². The predicted octanol–water partition coefficient (Wildman–Crippen LogP) is 3.32. The first-order valence-electron chi connectivity index (χ1n) is 5.68. The Kier molecular flexibility index (Phi) is 3.58. The minimum atomic E-state index is -0.368. The molecule has 2 nitrogen and oxygen atoms in total. The normalized spacial score (nSPS) is 27.1. The van der Waals surface area contributed by atoms with Gasteiger partial charge in [-0.3, -0.25) is 4.79 Å². The Morgan fingerprint density at radius 2 is 2.07 bits per heavy atom. The highest BCUT2D eigenvalue weighted by Crippen LogP contribution is 2.30. The van der Waals surface area contributed by atoms with Crippen molar-refractivity contribution >= 4 is 5.97 Å². The van der Waals surface area contributed by atoms with Crippen molar-refractivity contribution in [2.24, 2.45) is 11.8 Å². The van der Waals surface area contributed by atoms with Gasteiger partial charge in [0.15, 0.2) is 0 Å². The number of hydrogen-bond donors (Lipinski definition) is 0. The number of allylic oxidation sites excluding steroid dienone is 2. The molecule has 1 aliphatic rings. The van der Waals surface area contributed by atoms with E-state index in [4.69, 9.17) is 4.74 Å². The van der Waals surface area contributed by atoms with Crippen LogP contribution in [-0.2, 0) is 9.53 Å².